The van der Waals surface area contributed by atoms with Crippen molar-refractivity contribution in [1.29, 1.82) is 0 Å². The Hall–Kier alpha value is -1.45. The molecule has 0 unspecified atom stereocenters. The highest BCUT2D eigenvalue weighted by Crippen LogP contribution is 2.03. The summed E-state index contributed by atoms with van der Waals surface area (Å²) >= 11 is 0. The van der Waals surface area contributed by atoms with Gasteiger partial charge >= 0.3 is 5.97 Å². The van der Waals surface area contributed by atoms with Crippen molar-refractivity contribution in [2.24, 2.45) is 0 Å². The number of aromatic nitrogens is 2. The van der Waals surface area contributed by atoms with E-state index in [0.717, 1.165) is 0 Å². The molecule has 1 heterocycles. The van der Waals surface area contributed by atoms with Crippen LogP contribution in [0.25, 0.3) is 0 Å². The van der Waals surface area contributed by atoms with E-state index in [1.54, 1.807) is 6.07 Å². The molecule has 0 aromatic carbocycles. The van der Waals surface area contributed by atoms with Crippen LogP contribution >= 0.6 is 0 Å². The van der Waals surface area contributed by atoms with Crippen molar-refractivity contribution in [3.05, 3.63) is 23.5 Å². The van der Waals surface area contributed by atoms with Crippen LogP contribution in [0.15, 0.2) is 12.3 Å². The van der Waals surface area contributed by atoms with Gasteiger partial charge in [-0.2, -0.15) is 5.10 Å². The lowest BCUT2D eigenvalue weighted by Crippen LogP contribution is -2.05. The second kappa shape index (κ2) is 3.09. The zero-order valence-electron chi connectivity index (χ0n) is 6.11. The van der Waals surface area contributed by atoms with E-state index in [0.29, 0.717) is 12.0 Å². The van der Waals surface area contributed by atoms with Crippen molar-refractivity contribution < 1.29 is 9.90 Å². The van der Waals surface area contributed by atoms with Crippen LogP contribution in [0.2, 0.25) is 0 Å². The Bertz CT molecular complexity index is 273. The average Bonchev–Trinajstić information content (AvgIpc) is 2.04. The number of hydrogen-bond acceptors (Lipinski definition) is 3. The van der Waals surface area contributed by atoms with Gasteiger partial charge in [-0.1, -0.05) is 6.92 Å². The van der Waals surface area contributed by atoms with E-state index in [4.69, 9.17) is 5.11 Å². The zero-order chi connectivity index (χ0) is 8.27. The molecule has 4 nitrogen and oxygen atoms in total. The molecule has 1 aromatic heterocycles. The molecule has 1 N–H and O–H groups in total. The highest BCUT2D eigenvalue weighted by molar-refractivity contribution is 5.86. The summed E-state index contributed by atoms with van der Waals surface area (Å²) in [5.41, 5.74) is 0.766. The van der Waals surface area contributed by atoms with Crippen LogP contribution in [-0.2, 0) is 6.42 Å². The summed E-state index contributed by atoms with van der Waals surface area (Å²) in [6.45, 7) is 1.88. The van der Waals surface area contributed by atoms with Crippen molar-refractivity contribution in [2.45, 2.75) is 13.3 Å². The highest BCUT2D eigenvalue weighted by atomic mass is 16.4. The number of aryl methyl sites for hydroxylation is 1. The fraction of sp³-hybridized carbons (Fsp3) is 0.286. The number of hydrogen-bond donors (Lipinski definition) is 1. The molecule has 0 saturated heterocycles. The SMILES string of the molecule is CCc1ccnnc1C(=O)O. The second-order valence-electron chi connectivity index (χ2n) is 2.06. The van der Waals surface area contributed by atoms with E-state index in [9.17, 15) is 4.79 Å². The van der Waals surface area contributed by atoms with E-state index in [2.05, 4.69) is 10.2 Å². The van der Waals surface area contributed by atoms with Gasteiger partial charge in [-0.3, -0.25) is 0 Å². The van der Waals surface area contributed by atoms with Crippen LogP contribution < -0.4 is 0 Å². The first-order chi connectivity index (χ1) is 5.25. The standard InChI is InChI=1S/C7H8N2O2/c1-2-5-3-4-8-9-6(5)7(10)11/h3-4H,2H2,1H3,(H,10,11). The molecule has 0 radical (unpaired) electrons. The molecule has 0 aliphatic heterocycles. The van der Waals surface area contributed by atoms with E-state index in [1.807, 2.05) is 6.92 Å². The summed E-state index contributed by atoms with van der Waals surface area (Å²) in [7, 11) is 0. The molecule has 0 saturated carbocycles. The number of aromatic carboxylic acids is 1. The molecule has 0 bridgehead atoms. The Balaban J connectivity index is 3.12. The first-order valence-electron chi connectivity index (χ1n) is 3.29. The normalized spacial score (nSPS) is 9.55. The maximum absolute atomic E-state index is 10.5. The molecule has 11 heavy (non-hydrogen) atoms. The molecule has 0 aliphatic rings. The summed E-state index contributed by atoms with van der Waals surface area (Å²) in [6.07, 6.45) is 2.16. The maximum Gasteiger partial charge on any atom is 0.356 e. The first-order valence-corrected chi connectivity index (χ1v) is 3.29. The molecule has 0 aliphatic carbocycles. The minimum absolute atomic E-state index is 0.0509. The van der Waals surface area contributed by atoms with Gasteiger partial charge in [-0.15, -0.1) is 5.10 Å². The van der Waals surface area contributed by atoms with Gasteiger partial charge in [-0.05, 0) is 18.1 Å². The van der Waals surface area contributed by atoms with E-state index >= 15 is 0 Å². The minimum Gasteiger partial charge on any atom is -0.476 e. The van der Waals surface area contributed by atoms with Crippen molar-refractivity contribution in [2.75, 3.05) is 0 Å². The van der Waals surface area contributed by atoms with Crippen LogP contribution in [0.1, 0.15) is 23.0 Å². The smallest absolute Gasteiger partial charge is 0.356 e. The lowest BCUT2D eigenvalue weighted by molar-refractivity contribution is 0.0688. The molecular formula is C7H8N2O2. The Morgan fingerprint density at radius 2 is 2.45 bits per heavy atom. The van der Waals surface area contributed by atoms with Gasteiger partial charge in [0.25, 0.3) is 0 Å². The zero-order valence-corrected chi connectivity index (χ0v) is 6.11. The number of carboxylic acid groups (broad SMARTS) is 1. The van der Waals surface area contributed by atoms with E-state index < -0.39 is 5.97 Å². The fourth-order valence-corrected chi connectivity index (χ4v) is 0.823. The highest BCUT2D eigenvalue weighted by Gasteiger charge is 2.09. The van der Waals surface area contributed by atoms with Gasteiger partial charge in [-0.25, -0.2) is 4.79 Å². The van der Waals surface area contributed by atoms with Crippen LogP contribution in [0.5, 0.6) is 0 Å². The van der Waals surface area contributed by atoms with Crippen molar-refractivity contribution in [1.82, 2.24) is 10.2 Å². The molecule has 4 heteroatoms. The average molecular weight is 152 g/mol. The maximum atomic E-state index is 10.5. The molecular weight excluding hydrogens is 144 g/mol. The predicted molar refractivity (Wildman–Crippen MR) is 38.4 cm³/mol. The number of carbonyl (C=O) groups is 1. The van der Waals surface area contributed by atoms with Gasteiger partial charge < -0.3 is 5.11 Å². The van der Waals surface area contributed by atoms with Crippen LogP contribution in [0.4, 0.5) is 0 Å². The van der Waals surface area contributed by atoms with Gasteiger partial charge in [0.15, 0.2) is 5.69 Å². The van der Waals surface area contributed by atoms with Gasteiger partial charge in [0.05, 0.1) is 0 Å². The molecule has 0 amide bonds. The monoisotopic (exact) mass is 152 g/mol. The Morgan fingerprint density at radius 1 is 1.73 bits per heavy atom. The molecule has 1 rings (SSSR count). The predicted octanol–water partition coefficient (Wildman–Crippen LogP) is 0.737. The molecule has 0 spiro atoms. The summed E-state index contributed by atoms with van der Waals surface area (Å²) in [4.78, 5) is 10.5. The van der Waals surface area contributed by atoms with Gasteiger partial charge in [0.1, 0.15) is 0 Å². The van der Waals surface area contributed by atoms with Crippen molar-refractivity contribution in [3.8, 4) is 0 Å². The number of nitrogens with zero attached hydrogens (tertiary/aromatic N) is 2. The number of carboxylic acids is 1. The van der Waals surface area contributed by atoms with E-state index in [-0.39, 0.29) is 5.69 Å². The minimum atomic E-state index is -1.02. The Labute approximate surface area is 63.9 Å². The lowest BCUT2D eigenvalue weighted by Gasteiger charge is -1.97. The molecule has 0 atom stereocenters. The largest absolute Gasteiger partial charge is 0.476 e. The third kappa shape index (κ3) is 1.52. The summed E-state index contributed by atoms with van der Waals surface area (Å²) in [5.74, 6) is -1.02. The number of rotatable bonds is 2. The Kier molecular flexibility index (Phi) is 2.15. The van der Waals surface area contributed by atoms with Gasteiger partial charge in [0, 0.05) is 6.20 Å². The third-order valence-electron chi connectivity index (χ3n) is 1.39. The fourth-order valence-electron chi connectivity index (χ4n) is 0.823. The van der Waals surface area contributed by atoms with Crippen LogP contribution in [-0.4, -0.2) is 21.3 Å². The molecule has 58 valence electrons. The summed E-state index contributed by atoms with van der Waals surface area (Å²) in [5, 5.41) is 15.6. The Morgan fingerprint density at radius 3 is 2.91 bits per heavy atom. The molecule has 0 fully saturated rings. The summed E-state index contributed by atoms with van der Waals surface area (Å²) < 4.78 is 0. The van der Waals surface area contributed by atoms with E-state index in [1.165, 1.54) is 6.20 Å². The van der Waals surface area contributed by atoms with Crippen LogP contribution in [0, 0.1) is 0 Å². The second-order valence-corrected chi connectivity index (χ2v) is 2.06. The van der Waals surface area contributed by atoms with Crippen LogP contribution in [0.3, 0.4) is 0 Å². The molecule has 1 aromatic rings. The van der Waals surface area contributed by atoms with Crippen molar-refractivity contribution >= 4 is 5.97 Å². The first kappa shape index (κ1) is 7.65. The van der Waals surface area contributed by atoms with Crippen molar-refractivity contribution in [3.63, 3.8) is 0 Å². The quantitative estimate of drug-likeness (QED) is 0.678. The van der Waals surface area contributed by atoms with Gasteiger partial charge in [0.2, 0.25) is 0 Å². The third-order valence-corrected chi connectivity index (χ3v) is 1.39. The lowest BCUT2D eigenvalue weighted by atomic mass is 10.2. The topological polar surface area (TPSA) is 63.1 Å². The summed E-state index contributed by atoms with van der Waals surface area (Å²) in [6, 6.07) is 1.66.